The van der Waals surface area contributed by atoms with E-state index in [0.29, 0.717) is 4.90 Å². The van der Waals surface area contributed by atoms with Crippen LogP contribution in [0.25, 0.3) is 0 Å². The standard InChI is InChI=1S/C14H22N2O2S/c1-19(17,18)13-8-6-12(7-9-13)14(16-15)10-11-4-2-3-5-11/h6-9,11,14,16H,2-5,10,15H2,1H3. The zero-order valence-corrected chi connectivity index (χ0v) is 12.1. The van der Waals surface area contributed by atoms with E-state index < -0.39 is 9.84 Å². The van der Waals surface area contributed by atoms with Crippen molar-refractivity contribution < 1.29 is 8.42 Å². The Morgan fingerprint density at radius 2 is 1.84 bits per heavy atom. The summed E-state index contributed by atoms with van der Waals surface area (Å²) >= 11 is 0. The summed E-state index contributed by atoms with van der Waals surface area (Å²) in [5.74, 6) is 6.37. The van der Waals surface area contributed by atoms with Gasteiger partial charge in [0.2, 0.25) is 0 Å². The molecule has 0 saturated heterocycles. The highest BCUT2D eigenvalue weighted by Crippen LogP contribution is 2.32. The fourth-order valence-corrected chi connectivity index (χ4v) is 3.46. The molecule has 0 bridgehead atoms. The number of nitrogens with two attached hydrogens (primary N) is 1. The summed E-state index contributed by atoms with van der Waals surface area (Å²) in [5.41, 5.74) is 3.91. The maximum atomic E-state index is 11.4. The van der Waals surface area contributed by atoms with Gasteiger partial charge in [0.1, 0.15) is 0 Å². The Morgan fingerprint density at radius 1 is 1.26 bits per heavy atom. The average Bonchev–Trinajstić information content (AvgIpc) is 2.88. The molecule has 106 valence electrons. The molecule has 19 heavy (non-hydrogen) atoms. The first kappa shape index (κ1) is 14.5. The fraction of sp³-hybridized carbons (Fsp3) is 0.571. The van der Waals surface area contributed by atoms with Gasteiger partial charge in [0.25, 0.3) is 0 Å². The molecule has 0 amide bonds. The second-order valence-corrected chi connectivity index (χ2v) is 7.46. The van der Waals surface area contributed by atoms with Gasteiger partial charge in [-0.1, -0.05) is 37.8 Å². The highest BCUT2D eigenvalue weighted by molar-refractivity contribution is 7.90. The Labute approximate surface area is 115 Å². The first-order valence-electron chi connectivity index (χ1n) is 6.77. The van der Waals surface area contributed by atoms with Gasteiger partial charge in [-0.15, -0.1) is 0 Å². The molecule has 1 unspecified atom stereocenters. The van der Waals surface area contributed by atoms with Crippen LogP contribution in [0.15, 0.2) is 29.2 Å². The van der Waals surface area contributed by atoms with Gasteiger partial charge in [-0.25, -0.2) is 8.42 Å². The predicted molar refractivity (Wildman–Crippen MR) is 76.2 cm³/mol. The van der Waals surface area contributed by atoms with E-state index in [2.05, 4.69) is 5.43 Å². The van der Waals surface area contributed by atoms with Gasteiger partial charge in [0, 0.05) is 12.3 Å². The van der Waals surface area contributed by atoms with Gasteiger partial charge in [0.05, 0.1) is 4.90 Å². The van der Waals surface area contributed by atoms with Crippen molar-refractivity contribution >= 4 is 9.84 Å². The van der Waals surface area contributed by atoms with Crippen LogP contribution in [-0.4, -0.2) is 14.7 Å². The molecule has 1 atom stereocenters. The lowest BCUT2D eigenvalue weighted by atomic mass is 9.94. The van der Waals surface area contributed by atoms with Gasteiger partial charge in [-0.2, -0.15) is 0 Å². The molecule has 5 heteroatoms. The number of hydrazine groups is 1. The molecule has 1 fully saturated rings. The molecule has 4 nitrogen and oxygen atoms in total. The van der Waals surface area contributed by atoms with Crippen LogP contribution in [-0.2, 0) is 9.84 Å². The number of sulfone groups is 1. The third-order valence-electron chi connectivity index (χ3n) is 3.96. The Morgan fingerprint density at radius 3 is 2.32 bits per heavy atom. The third-order valence-corrected chi connectivity index (χ3v) is 5.08. The first-order valence-corrected chi connectivity index (χ1v) is 8.66. The van der Waals surface area contributed by atoms with Crippen molar-refractivity contribution in [2.24, 2.45) is 11.8 Å². The van der Waals surface area contributed by atoms with E-state index >= 15 is 0 Å². The van der Waals surface area contributed by atoms with E-state index in [1.165, 1.54) is 31.9 Å². The summed E-state index contributed by atoms with van der Waals surface area (Å²) in [5, 5.41) is 0. The lowest BCUT2D eigenvalue weighted by Gasteiger charge is -2.20. The minimum atomic E-state index is -3.13. The monoisotopic (exact) mass is 282 g/mol. The molecule has 0 aromatic heterocycles. The van der Waals surface area contributed by atoms with Crippen molar-refractivity contribution in [2.75, 3.05) is 6.26 Å². The zero-order chi connectivity index (χ0) is 13.9. The molecular formula is C14H22N2O2S. The maximum absolute atomic E-state index is 11.4. The molecule has 0 spiro atoms. The van der Waals surface area contributed by atoms with Crippen LogP contribution >= 0.6 is 0 Å². The smallest absolute Gasteiger partial charge is 0.175 e. The van der Waals surface area contributed by atoms with Crippen molar-refractivity contribution in [1.29, 1.82) is 0 Å². The van der Waals surface area contributed by atoms with Crippen LogP contribution in [0.1, 0.15) is 43.7 Å². The number of hydrogen-bond donors (Lipinski definition) is 2. The van der Waals surface area contributed by atoms with Gasteiger partial charge in [-0.05, 0) is 30.0 Å². The lowest BCUT2D eigenvalue weighted by Crippen LogP contribution is -2.29. The largest absolute Gasteiger partial charge is 0.271 e. The number of benzene rings is 1. The van der Waals surface area contributed by atoms with Crippen molar-refractivity contribution in [3.63, 3.8) is 0 Å². The minimum absolute atomic E-state index is 0.108. The fourth-order valence-electron chi connectivity index (χ4n) is 2.83. The van der Waals surface area contributed by atoms with Crippen molar-refractivity contribution in [1.82, 2.24) is 5.43 Å². The molecule has 1 aliphatic rings. The van der Waals surface area contributed by atoms with Gasteiger partial charge >= 0.3 is 0 Å². The van der Waals surface area contributed by atoms with Crippen LogP contribution < -0.4 is 11.3 Å². The molecule has 1 saturated carbocycles. The highest BCUT2D eigenvalue weighted by atomic mass is 32.2. The Kier molecular flexibility index (Phi) is 4.60. The minimum Gasteiger partial charge on any atom is -0.271 e. The highest BCUT2D eigenvalue weighted by Gasteiger charge is 2.20. The average molecular weight is 282 g/mol. The number of rotatable bonds is 5. The molecule has 2 rings (SSSR count). The Bertz CT molecular complexity index is 505. The maximum Gasteiger partial charge on any atom is 0.175 e. The van der Waals surface area contributed by atoms with Crippen LogP contribution in [0.3, 0.4) is 0 Å². The SMILES string of the molecule is CS(=O)(=O)c1ccc(C(CC2CCCC2)NN)cc1. The van der Waals surface area contributed by atoms with Crippen molar-refractivity contribution in [2.45, 2.75) is 43.0 Å². The molecular weight excluding hydrogens is 260 g/mol. The molecule has 1 aromatic rings. The molecule has 0 aliphatic heterocycles. The molecule has 1 aromatic carbocycles. The summed E-state index contributed by atoms with van der Waals surface area (Å²) in [6, 6.07) is 7.13. The predicted octanol–water partition coefficient (Wildman–Crippen LogP) is 2.17. The molecule has 3 N–H and O–H groups in total. The quantitative estimate of drug-likeness (QED) is 0.641. The van der Waals surface area contributed by atoms with E-state index in [0.717, 1.165) is 17.9 Å². The molecule has 0 heterocycles. The molecule has 1 aliphatic carbocycles. The van der Waals surface area contributed by atoms with Crippen molar-refractivity contribution in [3.8, 4) is 0 Å². The molecule has 0 radical (unpaired) electrons. The third kappa shape index (κ3) is 3.78. The number of nitrogens with one attached hydrogen (secondary N) is 1. The summed E-state index contributed by atoms with van der Waals surface area (Å²) in [6.07, 6.45) is 7.43. The van der Waals surface area contributed by atoms with Crippen molar-refractivity contribution in [3.05, 3.63) is 29.8 Å². The topological polar surface area (TPSA) is 72.2 Å². The van der Waals surface area contributed by atoms with Gasteiger partial charge in [0.15, 0.2) is 9.84 Å². The first-order chi connectivity index (χ1) is 9.00. The Balaban J connectivity index is 2.10. The summed E-state index contributed by atoms with van der Waals surface area (Å²) in [4.78, 5) is 0.355. The second-order valence-electron chi connectivity index (χ2n) is 5.45. The van der Waals surface area contributed by atoms with E-state index in [9.17, 15) is 8.42 Å². The summed E-state index contributed by atoms with van der Waals surface area (Å²) in [6.45, 7) is 0. The summed E-state index contributed by atoms with van der Waals surface area (Å²) < 4.78 is 22.8. The Hall–Kier alpha value is -0.910. The van der Waals surface area contributed by atoms with Crippen LogP contribution in [0.4, 0.5) is 0 Å². The normalized spacial score (nSPS) is 18.6. The van der Waals surface area contributed by atoms with Crippen LogP contribution in [0.5, 0.6) is 0 Å². The summed E-state index contributed by atoms with van der Waals surface area (Å²) in [7, 11) is -3.13. The number of hydrogen-bond acceptors (Lipinski definition) is 4. The van der Waals surface area contributed by atoms with Gasteiger partial charge in [-0.3, -0.25) is 11.3 Å². The van der Waals surface area contributed by atoms with Gasteiger partial charge < -0.3 is 0 Å². The second kappa shape index (κ2) is 6.03. The van der Waals surface area contributed by atoms with Crippen LogP contribution in [0.2, 0.25) is 0 Å². The lowest BCUT2D eigenvalue weighted by molar-refractivity contribution is 0.400. The van der Waals surface area contributed by atoms with E-state index in [4.69, 9.17) is 5.84 Å². The zero-order valence-electron chi connectivity index (χ0n) is 11.3. The van der Waals surface area contributed by atoms with E-state index in [1.54, 1.807) is 12.1 Å². The van der Waals surface area contributed by atoms with Crippen LogP contribution in [0, 0.1) is 5.92 Å². The van der Waals surface area contributed by atoms with E-state index in [1.807, 2.05) is 12.1 Å². The van der Waals surface area contributed by atoms with E-state index in [-0.39, 0.29) is 6.04 Å².